The highest BCUT2D eigenvalue weighted by Crippen LogP contribution is 2.20. The van der Waals surface area contributed by atoms with Crippen LogP contribution in [0.15, 0.2) is 79.1 Å². The number of benzene rings is 2. The van der Waals surface area contributed by atoms with Crippen molar-refractivity contribution < 1.29 is 19.2 Å². The van der Waals surface area contributed by atoms with Gasteiger partial charge in [-0.1, -0.05) is 60.7 Å². The van der Waals surface area contributed by atoms with Crippen molar-refractivity contribution in [2.45, 2.75) is 46.7 Å². The smallest absolute Gasteiger partial charge is 0.263 e. The third kappa shape index (κ3) is 8.82. The molecule has 4 aromatic rings. The monoisotopic (exact) mass is 474 g/mol. The van der Waals surface area contributed by atoms with E-state index in [2.05, 4.69) is 98.0 Å². The Morgan fingerprint density at radius 1 is 0.657 bits per heavy atom. The lowest BCUT2D eigenvalue weighted by molar-refractivity contribution is -0.193. The fourth-order valence-electron chi connectivity index (χ4n) is 3.43. The average Bonchev–Trinajstić information content (AvgIpc) is 3.45. The van der Waals surface area contributed by atoms with Crippen molar-refractivity contribution in [3.63, 3.8) is 0 Å². The lowest BCUT2D eigenvalue weighted by Gasteiger charge is -2.14. The van der Waals surface area contributed by atoms with Crippen LogP contribution in [-0.4, -0.2) is 31.9 Å². The van der Waals surface area contributed by atoms with Crippen LogP contribution in [0.2, 0.25) is 0 Å². The number of aromatic nitrogens is 4. The summed E-state index contributed by atoms with van der Waals surface area (Å²) in [6.07, 6.45) is 4.27. The molecular formula is C27H30N4O4. The van der Waals surface area contributed by atoms with Gasteiger partial charge >= 0.3 is 12.3 Å². The molecule has 0 spiro atoms. The quantitative estimate of drug-likeness (QED) is 0.423. The standard InChI is InChI=1S/C13H16N2.C12H14N2.2CO2/c1-10-9-14-15(11(10)2)12(3)13-7-5-4-6-8-13;1-10-8-9-13-14(10)11(2)12-6-4-3-5-7-12;2*2-1-3/h4-9,12H,1-3H3;3-9,11H,1-2H3;;. The predicted molar refractivity (Wildman–Crippen MR) is 129 cm³/mol. The third-order valence-corrected chi connectivity index (χ3v) is 5.46. The number of aryl methyl sites for hydroxylation is 2. The SMILES string of the molecule is Cc1ccnn1C(C)c1ccccc1.Cc1cnn(C(C)c2ccccc2)c1C.O=C=O.O=C=O. The number of hydrogen-bond donors (Lipinski definition) is 0. The Balaban J connectivity index is 0.000000287. The van der Waals surface area contributed by atoms with Gasteiger partial charge in [-0.05, 0) is 57.4 Å². The van der Waals surface area contributed by atoms with Crippen molar-refractivity contribution >= 4 is 12.3 Å². The second kappa shape index (κ2) is 15.5. The Morgan fingerprint density at radius 2 is 1.09 bits per heavy atom. The molecule has 8 heteroatoms. The van der Waals surface area contributed by atoms with E-state index < -0.39 is 0 Å². The van der Waals surface area contributed by atoms with Crippen molar-refractivity contribution in [3.05, 3.63) is 107 Å². The van der Waals surface area contributed by atoms with Gasteiger partial charge in [0, 0.05) is 17.6 Å². The summed E-state index contributed by atoms with van der Waals surface area (Å²) in [6.45, 7) is 10.6. The van der Waals surface area contributed by atoms with Crippen LogP contribution in [0.25, 0.3) is 0 Å². The first-order valence-electron chi connectivity index (χ1n) is 10.9. The molecule has 2 atom stereocenters. The summed E-state index contributed by atoms with van der Waals surface area (Å²) in [4.78, 5) is 32.5. The first-order chi connectivity index (χ1) is 16.8. The van der Waals surface area contributed by atoms with E-state index in [1.54, 1.807) is 0 Å². The molecule has 4 rings (SSSR count). The first kappa shape index (κ1) is 28.7. The van der Waals surface area contributed by atoms with Gasteiger partial charge < -0.3 is 0 Å². The Kier molecular flexibility index (Phi) is 12.7. The second-order valence-corrected chi connectivity index (χ2v) is 7.61. The highest BCUT2D eigenvalue weighted by Gasteiger charge is 2.11. The minimum absolute atomic E-state index is 0.250. The zero-order chi connectivity index (χ0) is 26.2. The van der Waals surface area contributed by atoms with Gasteiger partial charge in [0.15, 0.2) is 0 Å². The van der Waals surface area contributed by atoms with Gasteiger partial charge in [-0.3, -0.25) is 9.36 Å². The molecule has 182 valence electrons. The molecule has 35 heavy (non-hydrogen) atoms. The fourth-order valence-corrected chi connectivity index (χ4v) is 3.43. The van der Waals surface area contributed by atoms with E-state index in [4.69, 9.17) is 19.2 Å². The van der Waals surface area contributed by atoms with Crippen LogP contribution >= 0.6 is 0 Å². The number of carbonyl (C=O) groups excluding carboxylic acids is 4. The van der Waals surface area contributed by atoms with Crippen LogP contribution in [0.4, 0.5) is 0 Å². The maximum absolute atomic E-state index is 8.12. The van der Waals surface area contributed by atoms with E-state index in [0.717, 1.165) is 0 Å². The van der Waals surface area contributed by atoms with Gasteiger partial charge in [0.2, 0.25) is 0 Å². The van der Waals surface area contributed by atoms with Gasteiger partial charge in [-0.25, -0.2) is 0 Å². The molecule has 0 bridgehead atoms. The maximum Gasteiger partial charge on any atom is 0.373 e. The van der Waals surface area contributed by atoms with Crippen LogP contribution in [0, 0.1) is 20.8 Å². The molecule has 2 heterocycles. The number of hydrogen-bond acceptors (Lipinski definition) is 6. The summed E-state index contributed by atoms with van der Waals surface area (Å²) < 4.78 is 4.11. The molecule has 8 nitrogen and oxygen atoms in total. The highest BCUT2D eigenvalue weighted by atomic mass is 16.2. The zero-order valence-electron chi connectivity index (χ0n) is 20.6. The lowest BCUT2D eigenvalue weighted by atomic mass is 10.1. The van der Waals surface area contributed by atoms with Crippen molar-refractivity contribution in [2.75, 3.05) is 0 Å². The van der Waals surface area contributed by atoms with E-state index in [1.807, 2.05) is 35.3 Å². The molecule has 0 amide bonds. The topological polar surface area (TPSA) is 104 Å². The van der Waals surface area contributed by atoms with E-state index in [0.29, 0.717) is 12.1 Å². The molecule has 0 aliphatic carbocycles. The van der Waals surface area contributed by atoms with E-state index >= 15 is 0 Å². The molecular weight excluding hydrogens is 444 g/mol. The molecule has 2 aromatic heterocycles. The summed E-state index contributed by atoms with van der Waals surface area (Å²) in [7, 11) is 0. The normalized spacial score (nSPS) is 11.0. The molecule has 2 aromatic carbocycles. The molecule has 0 fully saturated rings. The molecule has 0 radical (unpaired) electrons. The van der Waals surface area contributed by atoms with Crippen molar-refractivity contribution in [3.8, 4) is 0 Å². The van der Waals surface area contributed by atoms with E-state index in [1.165, 1.54) is 28.1 Å². The lowest BCUT2D eigenvalue weighted by Crippen LogP contribution is -2.10. The predicted octanol–water partition coefficient (Wildman–Crippen LogP) is 4.74. The van der Waals surface area contributed by atoms with Crippen LogP contribution in [0.3, 0.4) is 0 Å². The maximum atomic E-state index is 8.12. The minimum Gasteiger partial charge on any atom is -0.263 e. The van der Waals surface area contributed by atoms with Gasteiger partial charge in [0.1, 0.15) is 0 Å². The minimum atomic E-state index is 0.250. The van der Waals surface area contributed by atoms with Crippen molar-refractivity contribution in [2.24, 2.45) is 0 Å². The van der Waals surface area contributed by atoms with Crippen molar-refractivity contribution in [1.82, 2.24) is 19.6 Å². The second-order valence-electron chi connectivity index (χ2n) is 7.61. The highest BCUT2D eigenvalue weighted by molar-refractivity contribution is 5.23. The summed E-state index contributed by atoms with van der Waals surface area (Å²) in [6, 6.07) is 23.5. The van der Waals surface area contributed by atoms with Crippen LogP contribution in [0.1, 0.15) is 54.0 Å². The summed E-state index contributed by atoms with van der Waals surface area (Å²) in [5.74, 6) is 0. The molecule has 2 unspecified atom stereocenters. The van der Waals surface area contributed by atoms with Gasteiger partial charge in [-0.15, -0.1) is 0 Å². The van der Waals surface area contributed by atoms with Crippen molar-refractivity contribution in [1.29, 1.82) is 0 Å². The third-order valence-electron chi connectivity index (χ3n) is 5.46. The Hall–Kier alpha value is -4.38. The Bertz CT molecular complexity index is 1190. The molecule has 0 aliphatic rings. The molecule has 0 aliphatic heterocycles. The van der Waals surface area contributed by atoms with Gasteiger partial charge in [-0.2, -0.15) is 29.4 Å². The van der Waals surface area contributed by atoms with Crippen LogP contribution in [-0.2, 0) is 19.2 Å². The largest absolute Gasteiger partial charge is 0.373 e. The first-order valence-corrected chi connectivity index (χ1v) is 10.9. The number of nitrogens with zero attached hydrogens (tertiary/aromatic N) is 4. The summed E-state index contributed by atoms with van der Waals surface area (Å²) in [5, 5.41) is 8.72. The average molecular weight is 475 g/mol. The van der Waals surface area contributed by atoms with E-state index in [-0.39, 0.29) is 12.3 Å². The summed E-state index contributed by atoms with van der Waals surface area (Å²) in [5.41, 5.74) is 6.27. The van der Waals surface area contributed by atoms with E-state index in [9.17, 15) is 0 Å². The molecule has 0 N–H and O–H groups in total. The molecule has 0 saturated carbocycles. The Morgan fingerprint density at radius 3 is 1.43 bits per heavy atom. The zero-order valence-corrected chi connectivity index (χ0v) is 20.6. The fraction of sp³-hybridized carbons (Fsp3) is 0.259. The molecule has 0 saturated heterocycles. The Labute approximate surface area is 205 Å². The van der Waals surface area contributed by atoms with Crippen LogP contribution < -0.4 is 0 Å². The van der Waals surface area contributed by atoms with Gasteiger partial charge in [0.25, 0.3) is 0 Å². The van der Waals surface area contributed by atoms with Crippen LogP contribution in [0.5, 0.6) is 0 Å². The summed E-state index contributed by atoms with van der Waals surface area (Å²) >= 11 is 0. The van der Waals surface area contributed by atoms with Gasteiger partial charge in [0.05, 0.1) is 18.3 Å². The number of rotatable bonds is 4.